The van der Waals surface area contributed by atoms with Crippen molar-refractivity contribution >= 4 is 28.8 Å². The zero-order valence-corrected chi connectivity index (χ0v) is 15.3. The molecule has 7 heteroatoms. The van der Waals surface area contributed by atoms with E-state index in [0.717, 1.165) is 12.2 Å². The van der Waals surface area contributed by atoms with Crippen molar-refractivity contribution in [1.29, 1.82) is 5.26 Å². The van der Waals surface area contributed by atoms with Gasteiger partial charge in [0, 0.05) is 19.2 Å². The van der Waals surface area contributed by atoms with Crippen LogP contribution in [0.25, 0.3) is 0 Å². The van der Waals surface area contributed by atoms with Gasteiger partial charge in [-0.2, -0.15) is 15.5 Å². The number of Topliss-reactive ketones (excluding diaryl/α,β-unsaturated/α-hetero) is 1. The molecule has 0 atom stereocenters. The first kappa shape index (κ1) is 19.8. The molecule has 0 radical (unpaired) electrons. The van der Waals surface area contributed by atoms with Crippen LogP contribution in [0.1, 0.15) is 19.4 Å². The molecule has 2 rings (SSSR count). The van der Waals surface area contributed by atoms with Crippen LogP contribution in [-0.4, -0.2) is 31.4 Å². The molecule has 0 aliphatic heterocycles. The summed E-state index contributed by atoms with van der Waals surface area (Å²) in [7, 11) is 0. The second kappa shape index (κ2) is 9.82. The van der Waals surface area contributed by atoms with E-state index in [1.807, 2.05) is 36.1 Å². The summed E-state index contributed by atoms with van der Waals surface area (Å²) in [5, 5.41) is 17.1. The number of ketones is 1. The van der Waals surface area contributed by atoms with Gasteiger partial charge in [0.25, 0.3) is 0 Å². The molecule has 0 saturated heterocycles. The van der Waals surface area contributed by atoms with E-state index in [0.29, 0.717) is 23.5 Å². The van der Waals surface area contributed by atoms with E-state index >= 15 is 0 Å². The SMILES string of the molecule is CCN(CCOC(=O)C(C)=O)c1ccc(N=Nc2ccc(C#N)cc2)cc1. The number of hydrogen-bond donors (Lipinski definition) is 0. The Kier molecular flexibility index (Phi) is 7.20. The Bertz CT molecular complexity index is 852. The number of benzene rings is 2. The third-order valence-corrected chi connectivity index (χ3v) is 3.76. The summed E-state index contributed by atoms with van der Waals surface area (Å²) in [5.41, 5.74) is 2.89. The first-order chi connectivity index (χ1) is 13.0. The summed E-state index contributed by atoms with van der Waals surface area (Å²) >= 11 is 0. The van der Waals surface area contributed by atoms with Gasteiger partial charge in [-0.05, 0) is 55.5 Å². The van der Waals surface area contributed by atoms with Crippen molar-refractivity contribution < 1.29 is 14.3 Å². The second-order valence-corrected chi connectivity index (χ2v) is 5.65. The predicted octanol–water partition coefficient (Wildman–Crippen LogP) is 3.93. The monoisotopic (exact) mass is 364 g/mol. The van der Waals surface area contributed by atoms with Crippen molar-refractivity contribution in [3.63, 3.8) is 0 Å². The van der Waals surface area contributed by atoms with Crippen LogP contribution in [0.15, 0.2) is 58.8 Å². The predicted molar refractivity (Wildman–Crippen MR) is 101 cm³/mol. The number of rotatable bonds is 8. The van der Waals surface area contributed by atoms with E-state index in [-0.39, 0.29) is 6.61 Å². The van der Waals surface area contributed by atoms with Gasteiger partial charge in [0.15, 0.2) is 0 Å². The highest BCUT2D eigenvalue weighted by Gasteiger charge is 2.10. The van der Waals surface area contributed by atoms with Gasteiger partial charge in [-0.15, -0.1) is 0 Å². The number of anilines is 1. The molecular weight excluding hydrogens is 344 g/mol. The lowest BCUT2D eigenvalue weighted by atomic mass is 10.2. The third-order valence-electron chi connectivity index (χ3n) is 3.76. The van der Waals surface area contributed by atoms with Gasteiger partial charge in [0.2, 0.25) is 5.78 Å². The molecule has 0 aromatic heterocycles. The van der Waals surface area contributed by atoms with Crippen LogP contribution in [0, 0.1) is 11.3 Å². The largest absolute Gasteiger partial charge is 0.458 e. The Morgan fingerprint density at radius 2 is 1.59 bits per heavy atom. The van der Waals surface area contributed by atoms with Gasteiger partial charge in [-0.3, -0.25) is 4.79 Å². The van der Waals surface area contributed by atoms with Crippen molar-refractivity contribution in [1.82, 2.24) is 0 Å². The molecule has 0 spiro atoms. The molecule has 27 heavy (non-hydrogen) atoms. The van der Waals surface area contributed by atoms with E-state index < -0.39 is 11.8 Å². The maximum absolute atomic E-state index is 11.2. The van der Waals surface area contributed by atoms with Crippen molar-refractivity contribution in [3.8, 4) is 6.07 Å². The Morgan fingerprint density at radius 3 is 2.07 bits per heavy atom. The lowest BCUT2D eigenvalue weighted by molar-refractivity contribution is -0.152. The number of likely N-dealkylation sites (N-methyl/N-ethyl adjacent to an activating group) is 1. The minimum absolute atomic E-state index is 0.145. The fraction of sp³-hybridized carbons (Fsp3) is 0.250. The first-order valence-corrected chi connectivity index (χ1v) is 8.48. The van der Waals surface area contributed by atoms with E-state index in [1.54, 1.807) is 24.3 Å². The molecule has 0 aliphatic rings. The van der Waals surface area contributed by atoms with Gasteiger partial charge >= 0.3 is 5.97 Å². The smallest absolute Gasteiger partial charge is 0.374 e. The molecule has 0 heterocycles. The molecule has 0 fully saturated rings. The topological polar surface area (TPSA) is 95.1 Å². The van der Waals surface area contributed by atoms with Crippen molar-refractivity contribution in [3.05, 3.63) is 54.1 Å². The Morgan fingerprint density at radius 1 is 1.04 bits per heavy atom. The van der Waals surface area contributed by atoms with Crippen LogP contribution >= 0.6 is 0 Å². The Labute approximate surface area is 157 Å². The van der Waals surface area contributed by atoms with Crippen LogP contribution in [0.5, 0.6) is 0 Å². The highest BCUT2D eigenvalue weighted by atomic mass is 16.5. The number of carbonyl (C=O) groups excluding carboxylic acids is 2. The van der Waals surface area contributed by atoms with Crippen molar-refractivity contribution in [2.75, 3.05) is 24.6 Å². The quantitative estimate of drug-likeness (QED) is 0.402. The number of hydrogen-bond acceptors (Lipinski definition) is 7. The first-order valence-electron chi connectivity index (χ1n) is 8.48. The average molecular weight is 364 g/mol. The summed E-state index contributed by atoms with van der Waals surface area (Å²) < 4.78 is 4.90. The van der Waals surface area contributed by atoms with Crippen molar-refractivity contribution in [2.24, 2.45) is 10.2 Å². The zero-order chi connectivity index (χ0) is 19.6. The number of carbonyl (C=O) groups is 2. The summed E-state index contributed by atoms with van der Waals surface area (Å²) in [4.78, 5) is 24.1. The van der Waals surface area contributed by atoms with Crippen LogP contribution < -0.4 is 4.90 Å². The van der Waals surface area contributed by atoms with Gasteiger partial charge in [0.1, 0.15) is 6.61 Å². The number of nitriles is 1. The molecule has 0 unspecified atom stereocenters. The average Bonchev–Trinajstić information content (AvgIpc) is 2.70. The van der Waals surface area contributed by atoms with Crippen LogP contribution in [-0.2, 0) is 14.3 Å². The van der Waals surface area contributed by atoms with Crippen LogP contribution in [0.4, 0.5) is 17.1 Å². The summed E-state index contributed by atoms with van der Waals surface area (Å²) in [6, 6.07) is 16.4. The van der Waals surface area contributed by atoms with E-state index in [1.165, 1.54) is 6.92 Å². The van der Waals surface area contributed by atoms with Crippen LogP contribution in [0.3, 0.4) is 0 Å². The third kappa shape index (κ3) is 6.04. The van der Waals surface area contributed by atoms with Gasteiger partial charge in [-0.1, -0.05) is 0 Å². The normalized spacial score (nSPS) is 10.4. The highest BCUT2D eigenvalue weighted by Crippen LogP contribution is 2.22. The number of azo groups is 1. The lowest BCUT2D eigenvalue weighted by Crippen LogP contribution is -2.28. The number of ether oxygens (including phenoxy) is 1. The van der Waals surface area contributed by atoms with Gasteiger partial charge in [-0.25, -0.2) is 4.79 Å². The number of esters is 1. The molecule has 0 aliphatic carbocycles. The Hall–Kier alpha value is -3.53. The van der Waals surface area contributed by atoms with E-state index in [4.69, 9.17) is 10.00 Å². The highest BCUT2D eigenvalue weighted by molar-refractivity contribution is 6.32. The zero-order valence-electron chi connectivity index (χ0n) is 15.3. The minimum Gasteiger partial charge on any atom is -0.458 e. The maximum Gasteiger partial charge on any atom is 0.374 e. The van der Waals surface area contributed by atoms with Crippen LogP contribution in [0.2, 0.25) is 0 Å². The maximum atomic E-state index is 11.2. The standard InChI is InChI=1S/C20H20N4O3/c1-3-24(12-13-27-20(26)15(2)25)19-10-8-18(9-11-19)23-22-17-6-4-16(14-21)5-7-17/h4-11H,3,12-13H2,1-2H3. The van der Waals surface area contributed by atoms with Gasteiger partial charge in [0.05, 0.1) is 29.6 Å². The van der Waals surface area contributed by atoms with E-state index in [2.05, 4.69) is 16.3 Å². The Balaban J connectivity index is 1.95. The molecular formula is C20H20N4O3. The summed E-state index contributed by atoms with van der Waals surface area (Å²) in [6.45, 7) is 4.54. The van der Waals surface area contributed by atoms with Crippen molar-refractivity contribution in [2.45, 2.75) is 13.8 Å². The van der Waals surface area contributed by atoms with Gasteiger partial charge < -0.3 is 9.64 Å². The fourth-order valence-corrected chi connectivity index (χ4v) is 2.27. The summed E-state index contributed by atoms with van der Waals surface area (Å²) in [5.74, 6) is -1.42. The minimum atomic E-state index is -0.815. The molecule has 2 aromatic rings. The molecule has 0 saturated carbocycles. The second-order valence-electron chi connectivity index (χ2n) is 5.65. The lowest BCUT2D eigenvalue weighted by Gasteiger charge is -2.22. The molecule has 138 valence electrons. The molecule has 0 amide bonds. The molecule has 0 bridgehead atoms. The molecule has 0 N–H and O–H groups in total. The summed E-state index contributed by atoms with van der Waals surface area (Å²) in [6.07, 6.45) is 0. The fourth-order valence-electron chi connectivity index (χ4n) is 2.27. The molecule has 7 nitrogen and oxygen atoms in total. The van der Waals surface area contributed by atoms with E-state index in [9.17, 15) is 9.59 Å². The molecule has 2 aromatic carbocycles. The number of nitrogens with zero attached hydrogens (tertiary/aromatic N) is 4.